The van der Waals surface area contributed by atoms with Crippen molar-refractivity contribution in [3.63, 3.8) is 0 Å². The molecule has 204 valence electrons. The van der Waals surface area contributed by atoms with Crippen molar-refractivity contribution in [2.75, 3.05) is 4.90 Å². The lowest BCUT2D eigenvalue weighted by Crippen LogP contribution is -2.15. The summed E-state index contributed by atoms with van der Waals surface area (Å²) in [6.45, 7) is 16.1. The highest BCUT2D eigenvalue weighted by atomic mass is 35.5. The van der Waals surface area contributed by atoms with Gasteiger partial charge in [-0.15, -0.1) is 0 Å². The molecule has 0 amide bonds. The van der Waals surface area contributed by atoms with E-state index >= 15 is 0 Å². The van der Waals surface area contributed by atoms with Crippen molar-refractivity contribution in [2.45, 2.75) is 85.0 Å². The Morgan fingerprint density at radius 3 is 1.64 bits per heavy atom. The maximum atomic E-state index is 9.35. The van der Waals surface area contributed by atoms with Crippen LogP contribution in [0.3, 0.4) is 0 Å². The van der Waals surface area contributed by atoms with Gasteiger partial charge in [0.05, 0.1) is 16.4 Å². The molecule has 0 radical (unpaired) electrons. The average molecular weight is 550 g/mol. The van der Waals surface area contributed by atoms with Crippen LogP contribution in [0.25, 0.3) is 0 Å². The van der Waals surface area contributed by atoms with Crippen molar-refractivity contribution in [3.8, 4) is 0 Å². The van der Waals surface area contributed by atoms with Gasteiger partial charge in [-0.1, -0.05) is 122 Å². The van der Waals surface area contributed by atoms with Gasteiger partial charge in [0.15, 0.2) is 0 Å². The number of hydrogen-bond acceptors (Lipinski definition) is 1. The third-order valence-electron chi connectivity index (χ3n) is 6.18. The van der Waals surface area contributed by atoms with Crippen molar-refractivity contribution < 1.29 is 16.4 Å². The minimum atomic E-state index is -0.835. The van der Waals surface area contributed by atoms with E-state index in [1.165, 1.54) is 11.0 Å². The highest BCUT2D eigenvalue weighted by Crippen LogP contribution is 2.39. The highest BCUT2D eigenvalue weighted by Gasteiger charge is 2.20. The second-order valence-electron chi connectivity index (χ2n) is 12.9. The fourth-order valence-electron chi connectivity index (χ4n) is 3.85. The molecule has 1 nitrogen and oxygen atoms in total. The quantitative estimate of drug-likeness (QED) is 0.239. The zero-order chi connectivity index (χ0) is 39.0. The van der Waals surface area contributed by atoms with Crippen LogP contribution in [0.15, 0.2) is 90.7 Å². The summed E-state index contributed by atoms with van der Waals surface area (Å²) in [5.74, 6) is 0. The van der Waals surface area contributed by atoms with E-state index in [0.717, 1.165) is 0 Å². The maximum absolute atomic E-state index is 9.35. The van der Waals surface area contributed by atoms with Gasteiger partial charge >= 0.3 is 0 Å². The zero-order valence-corrected chi connectivity index (χ0v) is 25.0. The van der Waals surface area contributed by atoms with Crippen LogP contribution in [-0.2, 0) is 22.7 Å². The van der Waals surface area contributed by atoms with E-state index in [-0.39, 0.29) is 99.1 Å². The normalized spacial score (nSPS) is 16.8. The summed E-state index contributed by atoms with van der Waals surface area (Å²) in [5, 5.41) is 0.132. The Hall–Kier alpha value is -3.03. The summed E-state index contributed by atoms with van der Waals surface area (Å²) in [6, 6.07) is 0.706. The Bertz CT molecular complexity index is 2010. The second-order valence-corrected chi connectivity index (χ2v) is 13.3. The third kappa shape index (κ3) is 7.14. The van der Waals surface area contributed by atoms with Gasteiger partial charge in [-0.3, -0.25) is 0 Å². The van der Waals surface area contributed by atoms with Gasteiger partial charge in [-0.25, -0.2) is 0 Å². The van der Waals surface area contributed by atoms with Crippen LogP contribution in [0.5, 0.6) is 0 Å². The van der Waals surface area contributed by atoms with Gasteiger partial charge < -0.3 is 4.90 Å². The molecule has 0 spiro atoms. The molecule has 4 aromatic rings. The number of hydrogen-bond donors (Lipinski definition) is 0. The lowest BCUT2D eigenvalue weighted by Gasteiger charge is -2.29. The van der Waals surface area contributed by atoms with Gasteiger partial charge in [-0.2, -0.15) is 0 Å². The SMILES string of the molecule is [2H]c1c([2H])c(N(c2cc(Cl)cc(Cc3c([2H])c([2H])c(C(C)(C)C)c([2H])c3[2H])c2)c2c([2H])c([2H])c(C(C)(C)C)c([2H])c2[2H])c([2H])c(C(C)(C)C)c1[2H]. The van der Waals surface area contributed by atoms with Crippen LogP contribution in [-0.4, -0.2) is 0 Å². The minimum absolute atomic E-state index is 0.108. The van der Waals surface area contributed by atoms with Crippen molar-refractivity contribution >= 4 is 28.7 Å². The molecular formula is C37H44ClN. The highest BCUT2D eigenvalue weighted by molar-refractivity contribution is 6.31. The molecule has 4 rings (SSSR count). The first-order valence-electron chi connectivity index (χ1n) is 19.0. The summed E-state index contributed by atoms with van der Waals surface area (Å²) in [4.78, 5) is 1.22. The molecule has 0 aliphatic carbocycles. The number of nitrogens with zero attached hydrogens (tertiary/aromatic N) is 1. The van der Waals surface area contributed by atoms with Crippen LogP contribution in [0.4, 0.5) is 17.1 Å². The van der Waals surface area contributed by atoms with Crippen molar-refractivity contribution in [1.29, 1.82) is 0 Å². The molecule has 0 unspecified atom stereocenters. The van der Waals surface area contributed by atoms with E-state index in [4.69, 9.17) is 23.9 Å². The number of benzene rings is 4. The van der Waals surface area contributed by atoms with Crippen molar-refractivity contribution in [2.24, 2.45) is 0 Å². The molecule has 0 bridgehead atoms. The Labute approximate surface area is 258 Å². The Morgan fingerprint density at radius 2 is 1.10 bits per heavy atom. The number of rotatable bonds is 5. The summed E-state index contributed by atoms with van der Waals surface area (Å²) >= 11 is 6.71. The van der Waals surface area contributed by atoms with Crippen molar-refractivity contribution in [1.82, 2.24) is 0 Å². The molecule has 0 aliphatic heterocycles. The molecule has 0 atom stereocenters. The number of anilines is 3. The van der Waals surface area contributed by atoms with E-state index in [1.807, 2.05) is 20.8 Å². The minimum Gasteiger partial charge on any atom is -0.310 e. The largest absolute Gasteiger partial charge is 0.310 e. The Kier molecular flexibility index (Phi) is 4.71. The first-order chi connectivity index (χ1) is 23.1. The fraction of sp³-hybridized carbons (Fsp3) is 0.351. The van der Waals surface area contributed by atoms with Crippen LogP contribution < -0.4 is 4.90 Å². The predicted octanol–water partition coefficient (Wildman–Crippen LogP) is 11.3. The fourth-order valence-corrected chi connectivity index (χ4v) is 4.11. The van der Waals surface area contributed by atoms with Gasteiger partial charge in [-0.05, 0) is 92.9 Å². The summed E-state index contributed by atoms with van der Waals surface area (Å²) < 4.78 is 107. The van der Waals surface area contributed by atoms with E-state index in [0.29, 0.717) is 5.56 Å². The number of halogens is 1. The molecule has 0 heterocycles. The van der Waals surface area contributed by atoms with Gasteiger partial charge in [0, 0.05) is 22.1 Å². The molecule has 0 fully saturated rings. The predicted molar refractivity (Wildman–Crippen MR) is 171 cm³/mol. The third-order valence-corrected chi connectivity index (χ3v) is 6.40. The van der Waals surface area contributed by atoms with E-state index in [9.17, 15) is 4.11 Å². The molecule has 2 heteroatoms. The standard InChI is InChI=1S/C37H44ClN/c1-35(2,3)28-15-13-26(14-16-28)21-27-22-31(38)25-34(23-27)39(32-19-17-29(18-20-32)36(4,5)6)33-12-10-11-30(24-33)37(7,8)9/h10-20,22-25H,21H2,1-9H3/i10D,11D,12D,13D,14D,15D,16D,17D,18D,19D,20D,24D. The van der Waals surface area contributed by atoms with Gasteiger partial charge in [0.1, 0.15) is 0 Å². The monoisotopic (exact) mass is 549 g/mol. The van der Waals surface area contributed by atoms with Gasteiger partial charge in [0.25, 0.3) is 0 Å². The van der Waals surface area contributed by atoms with E-state index in [1.54, 1.807) is 53.7 Å². The summed E-state index contributed by atoms with van der Waals surface area (Å²) in [6.07, 6.45) is -0.108. The summed E-state index contributed by atoms with van der Waals surface area (Å²) in [5.41, 5.74) is -1.55. The van der Waals surface area contributed by atoms with Crippen LogP contribution in [0, 0.1) is 0 Å². The molecule has 0 saturated carbocycles. The van der Waals surface area contributed by atoms with Crippen LogP contribution in [0.2, 0.25) is 5.02 Å². The van der Waals surface area contributed by atoms with Crippen LogP contribution >= 0.6 is 11.6 Å². The smallest absolute Gasteiger partial charge is 0.0648 e. The molecule has 4 aromatic carbocycles. The lowest BCUT2D eigenvalue weighted by molar-refractivity contribution is 0.590. The Balaban J connectivity index is 2.16. The molecular weight excluding hydrogens is 494 g/mol. The first kappa shape index (κ1) is 16.9. The second kappa shape index (κ2) is 10.9. The Morgan fingerprint density at radius 1 is 0.564 bits per heavy atom. The van der Waals surface area contributed by atoms with Crippen molar-refractivity contribution in [3.05, 3.63) is 124 Å². The van der Waals surface area contributed by atoms with E-state index < -0.39 is 40.4 Å². The van der Waals surface area contributed by atoms with E-state index in [2.05, 4.69) is 0 Å². The van der Waals surface area contributed by atoms with Gasteiger partial charge in [0.2, 0.25) is 0 Å². The maximum Gasteiger partial charge on any atom is 0.0648 e. The summed E-state index contributed by atoms with van der Waals surface area (Å²) in [7, 11) is 0. The molecule has 0 aromatic heterocycles. The first-order valence-corrected chi connectivity index (χ1v) is 13.4. The molecule has 0 N–H and O–H groups in total. The van der Waals surface area contributed by atoms with Crippen LogP contribution in [0.1, 0.15) is 107 Å². The lowest BCUT2D eigenvalue weighted by atomic mass is 9.86. The topological polar surface area (TPSA) is 3.24 Å². The average Bonchev–Trinajstić information content (AvgIpc) is 2.97. The molecule has 0 saturated heterocycles. The zero-order valence-electron chi connectivity index (χ0n) is 36.3. The molecule has 39 heavy (non-hydrogen) atoms. The molecule has 0 aliphatic rings.